The van der Waals surface area contributed by atoms with Crippen LogP contribution in [-0.2, 0) is 6.42 Å². The number of hydrogen-bond acceptors (Lipinski definition) is 3. The molecule has 3 nitrogen and oxygen atoms in total. The minimum absolute atomic E-state index is 0.173. The van der Waals surface area contributed by atoms with Gasteiger partial charge in [0.25, 0.3) is 0 Å². The average molecular weight is 315 g/mol. The normalized spacial score (nSPS) is 18.2. The molecule has 0 radical (unpaired) electrons. The third-order valence-electron chi connectivity index (χ3n) is 4.32. The molecule has 1 saturated heterocycles. The second-order valence-electron chi connectivity index (χ2n) is 6.13. The van der Waals surface area contributed by atoms with E-state index < -0.39 is 0 Å². The summed E-state index contributed by atoms with van der Waals surface area (Å²) in [4.78, 5) is 2.41. The molecule has 0 amide bonds. The van der Waals surface area contributed by atoms with Gasteiger partial charge in [0.2, 0.25) is 0 Å². The third-order valence-corrected chi connectivity index (χ3v) is 4.32. The minimum atomic E-state index is -0.173. The van der Waals surface area contributed by atoms with Crippen LogP contribution in [0.15, 0.2) is 48.5 Å². The number of likely N-dealkylation sites (tertiary alicyclic amines) is 1. The monoisotopic (exact) mass is 315 g/mol. The molecule has 1 atom stereocenters. The van der Waals surface area contributed by atoms with Crippen molar-refractivity contribution in [2.24, 2.45) is 5.92 Å². The van der Waals surface area contributed by atoms with Crippen molar-refractivity contribution in [2.75, 3.05) is 26.2 Å². The van der Waals surface area contributed by atoms with Gasteiger partial charge in [-0.2, -0.15) is 0 Å². The summed E-state index contributed by atoms with van der Waals surface area (Å²) in [5.74, 6) is 1.49. The fourth-order valence-electron chi connectivity index (χ4n) is 3.07. The lowest BCUT2D eigenvalue weighted by Crippen LogP contribution is -2.26. The summed E-state index contributed by atoms with van der Waals surface area (Å²) in [6.07, 6.45) is 2.19. The molecule has 2 aromatic carbocycles. The van der Waals surface area contributed by atoms with Crippen molar-refractivity contribution in [3.8, 4) is 11.5 Å². The van der Waals surface area contributed by atoms with Gasteiger partial charge in [0.15, 0.2) is 0 Å². The summed E-state index contributed by atoms with van der Waals surface area (Å²) < 4.78 is 18.6. The highest BCUT2D eigenvalue weighted by Gasteiger charge is 2.22. The Morgan fingerprint density at radius 2 is 1.83 bits per heavy atom. The lowest BCUT2D eigenvalue weighted by molar-refractivity contribution is 0.232. The molecular weight excluding hydrogens is 293 g/mol. The van der Waals surface area contributed by atoms with E-state index in [1.165, 1.54) is 24.1 Å². The Hall–Kier alpha value is -2.07. The quantitative estimate of drug-likeness (QED) is 0.886. The summed E-state index contributed by atoms with van der Waals surface area (Å²) in [6.45, 7) is 3.70. The van der Waals surface area contributed by atoms with Gasteiger partial charge in [-0.25, -0.2) is 4.39 Å². The number of phenols is 1. The van der Waals surface area contributed by atoms with Crippen LogP contribution in [0.3, 0.4) is 0 Å². The number of ether oxygens (including phenoxy) is 1. The van der Waals surface area contributed by atoms with Gasteiger partial charge in [0.1, 0.15) is 23.9 Å². The second-order valence-corrected chi connectivity index (χ2v) is 6.13. The number of benzene rings is 2. The van der Waals surface area contributed by atoms with E-state index in [9.17, 15) is 9.50 Å². The molecule has 1 N–H and O–H groups in total. The number of nitrogens with zero attached hydrogens (tertiary/aromatic N) is 1. The van der Waals surface area contributed by atoms with Crippen LogP contribution in [0.4, 0.5) is 4.39 Å². The topological polar surface area (TPSA) is 32.7 Å². The van der Waals surface area contributed by atoms with E-state index in [1.807, 2.05) is 12.1 Å². The maximum atomic E-state index is 12.9. The lowest BCUT2D eigenvalue weighted by atomic mass is 9.99. The highest BCUT2D eigenvalue weighted by Crippen LogP contribution is 2.21. The van der Waals surface area contributed by atoms with Crippen LogP contribution in [0, 0.1) is 11.7 Å². The molecule has 2 aromatic rings. The van der Waals surface area contributed by atoms with E-state index in [2.05, 4.69) is 4.90 Å². The van der Waals surface area contributed by atoms with Gasteiger partial charge in [-0.15, -0.1) is 0 Å². The molecule has 1 heterocycles. The Kier molecular flexibility index (Phi) is 5.13. The molecule has 1 aliphatic rings. The van der Waals surface area contributed by atoms with E-state index in [1.54, 1.807) is 24.3 Å². The van der Waals surface area contributed by atoms with Gasteiger partial charge in [-0.05, 0) is 67.3 Å². The number of hydrogen-bond donors (Lipinski definition) is 1. The fraction of sp³-hybridized carbons (Fsp3) is 0.368. The van der Waals surface area contributed by atoms with Crippen LogP contribution in [0.5, 0.6) is 11.5 Å². The van der Waals surface area contributed by atoms with E-state index in [4.69, 9.17) is 4.74 Å². The van der Waals surface area contributed by atoms with Gasteiger partial charge in [-0.3, -0.25) is 4.90 Å². The van der Waals surface area contributed by atoms with Gasteiger partial charge < -0.3 is 9.84 Å². The van der Waals surface area contributed by atoms with Gasteiger partial charge >= 0.3 is 0 Å². The molecule has 0 aliphatic carbocycles. The molecular formula is C19H22FNO2. The van der Waals surface area contributed by atoms with Crippen molar-refractivity contribution in [3.05, 3.63) is 59.9 Å². The number of phenolic OH excluding ortho intramolecular Hbond substituents is 1. The van der Waals surface area contributed by atoms with Gasteiger partial charge in [0, 0.05) is 13.1 Å². The summed E-state index contributed by atoms with van der Waals surface area (Å²) >= 11 is 0. The van der Waals surface area contributed by atoms with Crippen LogP contribution in [0.2, 0.25) is 0 Å². The van der Waals surface area contributed by atoms with E-state index in [0.717, 1.165) is 31.8 Å². The molecule has 23 heavy (non-hydrogen) atoms. The highest BCUT2D eigenvalue weighted by molar-refractivity contribution is 5.30. The van der Waals surface area contributed by atoms with Crippen molar-refractivity contribution in [3.63, 3.8) is 0 Å². The van der Waals surface area contributed by atoms with E-state index >= 15 is 0 Å². The van der Waals surface area contributed by atoms with Crippen LogP contribution >= 0.6 is 0 Å². The molecule has 1 aliphatic heterocycles. The first-order valence-corrected chi connectivity index (χ1v) is 8.08. The largest absolute Gasteiger partial charge is 0.508 e. The fourth-order valence-corrected chi connectivity index (χ4v) is 3.07. The predicted octanol–water partition coefficient (Wildman–Crippen LogP) is 3.47. The number of aromatic hydroxyl groups is 1. The predicted molar refractivity (Wildman–Crippen MR) is 88.3 cm³/mol. The number of halogens is 1. The Balaban J connectivity index is 1.39. The second kappa shape index (κ2) is 7.47. The van der Waals surface area contributed by atoms with Gasteiger partial charge in [0.05, 0.1) is 0 Å². The van der Waals surface area contributed by atoms with Crippen molar-refractivity contribution >= 4 is 0 Å². The van der Waals surface area contributed by atoms with Crippen molar-refractivity contribution in [2.45, 2.75) is 12.8 Å². The SMILES string of the molecule is Oc1ccc(OCCN2CCC(Cc3ccc(F)cc3)C2)cc1. The number of rotatable bonds is 6. The zero-order chi connectivity index (χ0) is 16.1. The standard InChI is InChI=1S/C19H22FNO2/c20-17-3-1-15(2-4-17)13-16-9-10-21(14-16)11-12-23-19-7-5-18(22)6-8-19/h1-8,16,22H,9-14H2. The van der Waals surface area contributed by atoms with E-state index in [-0.39, 0.29) is 11.6 Å². The van der Waals surface area contributed by atoms with Crippen molar-refractivity contribution in [1.82, 2.24) is 4.90 Å². The molecule has 122 valence electrons. The first kappa shape index (κ1) is 15.8. The van der Waals surface area contributed by atoms with Crippen LogP contribution in [0.25, 0.3) is 0 Å². The average Bonchev–Trinajstić information content (AvgIpc) is 2.99. The Morgan fingerprint density at radius 1 is 1.09 bits per heavy atom. The maximum Gasteiger partial charge on any atom is 0.123 e. The molecule has 4 heteroatoms. The highest BCUT2D eigenvalue weighted by atomic mass is 19.1. The van der Waals surface area contributed by atoms with Crippen LogP contribution < -0.4 is 4.74 Å². The summed E-state index contributed by atoms with van der Waals surface area (Å²) in [6, 6.07) is 13.6. The van der Waals surface area contributed by atoms with E-state index in [0.29, 0.717) is 12.5 Å². The Labute approximate surface area is 136 Å². The zero-order valence-electron chi connectivity index (χ0n) is 13.1. The lowest BCUT2D eigenvalue weighted by Gasteiger charge is -2.16. The Morgan fingerprint density at radius 3 is 2.57 bits per heavy atom. The molecule has 0 bridgehead atoms. The van der Waals surface area contributed by atoms with Crippen LogP contribution in [-0.4, -0.2) is 36.2 Å². The van der Waals surface area contributed by atoms with Crippen molar-refractivity contribution < 1.29 is 14.2 Å². The molecule has 0 saturated carbocycles. The molecule has 1 unspecified atom stereocenters. The van der Waals surface area contributed by atoms with Gasteiger partial charge in [-0.1, -0.05) is 12.1 Å². The summed E-state index contributed by atoms with van der Waals surface area (Å²) in [5, 5.41) is 9.24. The maximum absolute atomic E-state index is 12.9. The first-order valence-electron chi connectivity index (χ1n) is 8.08. The molecule has 0 spiro atoms. The summed E-state index contributed by atoms with van der Waals surface area (Å²) in [5.41, 5.74) is 1.21. The first-order chi connectivity index (χ1) is 11.2. The van der Waals surface area contributed by atoms with Crippen molar-refractivity contribution in [1.29, 1.82) is 0 Å². The molecule has 1 fully saturated rings. The molecule has 0 aromatic heterocycles. The smallest absolute Gasteiger partial charge is 0.123 e. The summed E-state index contributed by atoms with van der Waals surface area (Å²) in [7, 11) is 0. The minimum Gasteiger partial charge on any atom is -0.508 e. The Bertz CT molecular complexity index is 612. The molecule has 3 rings (SSSR count). The zero-order valence-corrected chi connectivity index (χ0v) is 13.1. The van der Waals surface area contributed by atoms with Crippen LogP contribution in [0.1, 0.15) is 12.0 Å². The third kappa shape index (κ3) is 4.70.